The molecular weight excluding hydrogens is 394 g/mol. The highest BCUT2D eigenvalue weighted by Gasteiger charge is 2.23. The molecule has 30 heavy (non-hydrogen) atoms. The fourth-order valence-electron chi connectivity index (χ4n) is 3.80. The van der Waals surface area contributed by atoms with Crippen LogP contribution in [0.15, 0.2) is 60.8 Å². The van der Waals surface area contributed by atoms with E-state index in [0.29, 0.717) is 22.6 Å². The number of aromatic amines is 1. The van der Waals surface area contributed by atoms with Crippen LogP contribution in [0.2, 0.25) is 0 Å². The SMILES string of the molecule is N#Cc1ccc(CN2CCCN(C(=O)c3c[nH]c(=S)n3-c3ccccc3)CC2)cc1. The summed E-state index contributed by atoms with van der Waals surface area (Å²) in [6.45, 7) is 3.94. The number of amides is 1. The van der Waals surface area contributed by atoms with Crippen molar-refractivity contribution in [3.63, 3.8) is 0 Å². The lowest BCUT2D eigenvalue weighted by atomic mass is 10.1. The van der Waals surface area contributed by atoms with E-state index in [1.54, 1.807) is 10.8 Å². The smallest absolute Gasteiger partial charge is 0.272 e. The van der Waals surface area contributed by atoms with Gasteiger partial charge in [0.1, 0.15) is 5.69 Å². The highest BCUT2D eigenvalue weighted by Crippen LogP contribution is 2.16. The molecule has 1 aliphatic heterocycles. The molecule has 7 heteroatoms. The molecule has 2 aromatic carbocycles. The van der Waals surface area contributed by atoms with Crippen molar-refractivity contribution in [1.82, 2.24) is 19.4 Å². The Hall–Kier alpha value is -3.21. The Morgan fingerprint density at radius 3 is 2.53 bits per heavy atom. The second kappa shape index (κ2) is 9.08. The zero-order chi connectivity index (χ0) is 20.9. The minimum Gasteiger partial charge on any atom is -0.336 e. The predicted octanol–water partition coefficient (Wildman–Crippen LogP) is 3.75. The van der Waals surface area contributed by atoms with Crippen LogP contribution in [-0.2, 0) is 6.54 Å². The molecule has 4 rings (SSSR count). The van der Waals surface area contributed by atoms with Gasteiger partial charge in [-0.05, 0) is 48.5 Å². The Bertz CT molecular complexity index is 1110. The first kappa shape index (κ1) is 20.1. The van der Waals surface area contributed by atoms with Gasteiger partial charge in [-0.1, -0.05) is 30.3 Å². The molecule has 0 spiro atoms. The Morgan fingerprint density at radius 2 is 1.80 bits per heavy atom. The van der Waals surface area contributed by atoms with Crippen molar-refractivity contribution in [2.45, 2.75) is 13.0 Å². The van der Waals surface area contributed by atoms with Gasteiger partial charge in [0.15, 0.2) is 4.77 Å². The Kier molecular flexibility index (Phi) is 6.07. The van der Waals surface area contributed by atoms with Gasteiger partial charge >= 0.3 is 0 Å². The van der Waals surface area contributed by atoms with Crippen LogP contribution in [0, 0.1) is 16.1 Å². The number of aromatic nitrogens is 2. The van der Waals surface area contributed by atoms with E-state index in [-0.39, 0.29) is 5.91 Å². The van der Waals surface area contributed by atoms with Crippen molar-refractivity contribution in [3.8, 4) is 11.8 Å². The third-order valence-electron chi connectivity index (χ3n) is 5.37. The zero-order valence-electron chi connectivity index (χ0n) is 16.6. The lowest BCUT2D eigenvalue weighted by molar-refractivity contribution is 0.0753. The van der Waals surface area contributed by atoms with Gasteiger partial charge in [0.2, 0.25) is 0 Å². The van der Waals surface area contributed by atoms with Crippen molar-refractivity contribution in [3.05, 3.63) is 82.4 Å². The highest BCUT2D eigenvalue weighted by atomic mass is 32.1. The molecule has 0 saturated carbocycles. The summed E-state index contributed by atoms with van der Waals surface area (Å²) in [7, 11) is 0. The average molecular weight is 418 g/mol. The van der Waals surface area contributed by atoms with Crippen molar-refractivity contribution in [1.29, 1.82) is 5.26 Å². The number of nitriles is 1. The number of nitrogens with zero attached hydrogens (tertiary/aromatic N) is 4. The quantitative estimate of drug-likeness (QED) is 0.657. The molecule has 0 bridgehead atoms. The summed E-state index contributed by atoms with van der Waals surface area (Å²) in [4.78, 5) is 20.6. The van der Waals surface area contributed by atoms with Crippen LogP contribution in [0.4, 0.5) is 0 Å². The first-order chi connectivity index (χ1) is 14.7. The number of hydrogen-bond acceptors (Lipinski definition) is 4. The molecule has 0 atom stereocenters. The van der Waals surface area contributed by atoms with Gasteiger partial charge in [-0.15, -0.1) is 0 Å². The number of benzene rings is 2. The lowest BCUT2D eigenvalue weighted by Crippen LogP contribution is -2.36. The van der Waals surface area contributed by atoms with E-state index in [0.717, 1.165) is 38.3 Å². The van der Waals surface area contributed by atoms with Gasteiger partial charge in [-0.25, -0.2) is 0 Å². The average Bonchev–Trinajstić information content (AvgIpc) is 3.02. The topological polar surface area (TPSA) is 68.1 Å². The third kappa shape index (κ3) is 4.35. The van der Waals surface area contributed by atoms with Crippen LogP contribution >= 0.6 is 12.2 Å². The molecule has 1 N–H and O–H groups in total. The predicted molar refractivity (Wildman–Crippen MR) is 118 cm³/mol. The normalized spacial score (nSPS) is 14.8. The van der Waals surface area contributed by atoms with Gasteiger partial charge in [-0.2, -0.15) is 5.26 Å². The van der Waals surface area contributed by atoms with Crippen LogP contribution in [0.1, 0.15) is 28.0 Å². The molecular formula is C23H23N5OS. The fraction of sp³-hybridized carbons (Fsp3) is 0.261. The number of para-hydroxylation sites is 1. The summed E-state index contributed by atoms with van der Waals surface area (Å²) < 4.78 is 2.32. The summed E-state index contributed by atoms with van der Waals surface area (Å²) >= 11 is 5.42. The Balaban J connectivity index is 1.45. The molecule has 0 radical (unpaired) electrons. The van der Waals surface area contributed by atoms with Crippen molar-refractivity contribution >= 4 is 18.1 Å². The fourth-order valence-corrected chi connectivity index (χ4v) is 4.06. The van der Waals surface area contributed by atoms with Crippen molar-refractivity contribution in [2.24, 2.45) is 0 Å². The number of nitrogens with one attached hydrogen (secondary N) is 1. The molecule has 152 valence electrons. The van der Waals surface area contributed by atoms with Gasteiger partial charge in [0, 0.05) is 44.6 Å². The van der Waals surface area contributed by atoms with Crippen molar-refractivity contribution in [2.75, 3.05) is 26.2 Å². The van der Waals surface area contributed by atoms with E-state index in [1.807, 2.05) is 59.5 Å². The maximum atomic E-state index is 13.3. The van der Waals surface area contributed by atoms with Gasteiger partial charge in [0.25, 0.3) is 5.91 Å². The molecule has 2 heterocycles. The van der Waals surface area contributed by atoms with Crippen LogP contribution in [0.25, 0.3) is 5.69 Å². The number of H-pyrrole nitrogens is 1. The molecule has 3 aromatic rings. The molecule has 6 nitrogen and oxygen atoms in total. The summed E-state index contributed by atoms with van der Waals surface area (Å²) in [5.41, 5.74) is 3.29. The first-order valence-electron chi connectivity index (χ1n) is 10.0. The van der Waals surface area contributed by atoms with E-state index < -0.39 is 0 Å². The van der Waals surface area contributed by atoms with Crippen LogP contribution in [-0.4, -0.2) is 51.4 Å². The zero-order valence-corrected chi connectivity index (χ0v) is 17.4. The van der Waals surface area contributed by atoms with E-state index in [4.69, 9.17) is 17.5 Å². The molecule has 1 saturated heterocycles. The summed E-state index contributed by atoms with van der Waals surface area (Å²) in [6, 6.07) is 19.6. The third-order valence-corrected chi connectivity index (χ3v) is 5.68. The molecule has 1 amide bonds. The van der Waals surface area contributed by atoms with E-state index >= 15 is 0 Å². The van der Waals surface area contributed by atoms with E-state index in [2.05, 4.69) is 16.0 Å². The molecule has 1 aromatic heterocycles. The molecule has 1 fully saturated rings. The number of carbonyl (C=O) groups excluding carboxylic acids is 1. The van der Waals surface area contributed by atoms with E-state index in [9.17, 15) is 4.79 Å². The van der Waals surface area contributed by atoms with E-state index in [1.165, 1.54) is 5.56 Å². The summed E-state index contributed by atoms with van der Waals surface area (Å²) in [6.07, 6.45) is 2.62. The summed E-state index contributed by atoms with van der Waals surface area (Å²) in [5.74, 6) is -0.00794. The van der Waals surface area contributed by atoms with Gasteiger partial charge in [0.05, 0.1) is 11.6 Å². The van der Waals surface area contributed by atoms with Crippen LogP contribution in [0.5, 0.6) is 0 Å². The monoisotopic (exact) mass is 417 g/mol. The molecule has 0 aliphatic carbocycles. The van der Waals surface area contributed by atoms with Crippen LogP contribution in [0.3, 0.4) is 0 Å². The Labute approximate surface area is 181 Å². The number of hydrogen-bond donors (Lipinski definition) is 1. The lowest BCUT2D eigenvalue weighted by Gasteiger charge is -2.22. The first-order valence-corrected chi connectivity index (χ1v) is 10.4. The number of imidazole rings is 1. The number of carbonyl (C=O) groups is 1. The highest BCUT2D eigenvalue weighted by molar-refractivity contribution is 7.71. The van der Waals surface area contributed by atoms with Gasteiger partial charge < -0.3 is 9.88 Å². The second-order valence-corrected chi connectivity index (χ2v) is 7.77. The van der Waals surface area contributed by atoms with Crippen LogP contribution < -0.4 is 0 Å². The largest absolute Gasteiger partial charge is 0.336 e. The minimum atomic E-state index is -0.00794. The minimum absolute atomic E-state index is 0.00794. The maximum absolute atomic E-state index is 13.3. The van der Waals surface area contributed by atoms with Gasteiger partial charge in [-0.3, -0.25) is 14.3 Å². The molecule has 0 unspecified atom stereocenters. The summed E-state index contributed by atoms with van der Waals surface area (Å²) in [5, 5.41) is 8.95. The van der Waals surface area contributed by atoms with Crippen molar-refractivity contribution < 1.29 is 4.79 Å². The molecule has 1 aliphatic rings. The second-order valence-electron chi connectivity index (χ2n) is 7.38. The maximum Gasteiger partial charge on any atom is 0.272 e. The number of rotatable bonds is 4. The Morgan fingerprint density at radius 1 is 1.03 bits per heavy atom. The standard InChI is InChI=1S/C23H23N5OS/c24-15-18-7-9-19(10-8-18)17-26-11-4-12-27(14-13-26)22(29)21-16-25-23(30)28(21)20-5-2-1-3-6-20/h1-3,5-10,16H,4,11-14,17H2,(H,25,30).